The molecular weight excluding hydrogens is 264 g/mol. The summed E-state index contributed by atoms with van der Waals surface area (Å²) >= 11 is 5.92. The van der Waals surface area contributed by atoms with E-state index in [0.29, 0.717) is 16.8 Å². The molecule has 1 amide bonds. The molecule has 3 N–H and O–H groups in total. The zero-order valence-electron chi connectivity index (χ0n) is 11.0. The van der Waals surface area contributed by atoms with Crippen molar-refractivity contribution in [1.29, 1.82) is 0 Å². The molecule has 2 heterocycles. The van der Waals surface area contributed by atoms with E-state index < -0.39 is 0 Å². The molecule has 1 aromatic rings. The molecular formula is C13H19ClN4O. The van der Waals surface area contributed by atoms with Crippen molar-refractivity contribution in [3.05, 3.63) is 17.3 Å². The van der Waals surface area contributed by atoms with Gasteiger partial charge in [-0.3, -0.25) is 4.79 Å². The highest BCUT2D eigenvalue weighted by Gasteiger charge is 2.20. The Hall–Kier alpha value is -1.49. The first-order chi connectivity index (χ1) is 9.04. The summed E-state index contributed by atoms with van der Waals surface area (Å²) in [7, 11) is 0. The van der Waals surface area contributed by atoms with Gasteiger partial charge < -0.3 is 16.0 Å². The van der Waals surface area contributed by atoms with Crippen LogP contribution in [-0.2, 0) is 4.79 Å². The highest BCUT2D eigenvalue weighted by Crippen LogP contribution is 2.24. The van der Waals surface area contributed by atoms with Crippen molar-refractivity contribution >= 4 is 29.0 Å². The summed E-state index contributed by atoms with van der Waals surface area (Å²) < 4.78 is 0. The van der Waals surface area contributed by atoms with Crippen molar-refractivity contribution in [1.82, 2.24) is 10.3 Å². The average Bonchev–Trinajstić information content (AvgIpc) is 2.36. The quantitative estimate of drug-likeness (QED) is 0.828. The first-order valence-electron chi connectivity index (χ1n) is 6.47. The maximum Gasteiger partial charge on any atom is 0.216 e. The fourth-order valence-corrected chi connectivity index (χ4v) is 2.53. The summed E-state index contributed by atoms with van der Waals surface area (Å²) in [5.41, 5.74) is 6.41. The van der Waals surface area contributed by atoms with E-state index in [-0.39, 0.29) is 5.91 Å². The number of anilines is 2. The molecule has 6 heteroatoms. The molecule has 1 aliphatic rings. The Morgan fingerprint density at radius 3 is 2.79 bits per heavy atom. The van der Waals surface area contributed by atoms with Crippen molar-refractivity contribution in [2.45, 2.75) is 19.8 Å². The Morgan fingerprint density at radius 1 is 1.53 bits per heavy atom. The van der Waals surface area contributed by atoms with Crippen molar-refractivity contribution in [2.75, 3.05) is 30.3 Å². The van der Waals surface area contributed by atoms with Gasteiger partial charge in [-0.25, -0.2) is 4.98 Å². The first kappa shape index (κ1) is 13.9. The summed E-state index contributed by atoms with van der Waals surface area (Å²) in [6.07, 6.45) is 2.07. The second kappa shape index (κ2) is 6.10. The van der Waals surface area contributed by atoms with Crippen molar-refractivity contribution in [2.24, 2.45) is 5.92 Å². The highest BCUT2D eigenvalue weighted by atomic mass is 35.5. The monoisotopic (exact) mass is 282 g/mol. The molecule has 0 atom stereocenters. The average molecular weight is 283 g/mol. The zero-order valence-corrected chi connectivity index (χ0v) is 11.8. The number of rotatable bonds is 3. The van der Waals surface area contributed by atoms with Gasteiger partial charge in [0.2, 0.25) is 5.91 Å². The summed E-state index contributed by atoms with van der Waals surface area (Å²) in [5, 5.41) is 3.30. The molecule has 1 fully saturated rings. The molecule has 1 aliphatic heterocycles. The van der Waals surface area contributed by atoms with Gasteiger partial charge in [0.25, 0.3) is 0 Å². The van der Waals surface area contributed by atoms with E-state index in [1.54, 1.807) is 13.0 Å². The molecule has 0 bridgehead atoms. The maximum atomic E-state index is 10.9. The standard InChI is InChI=1S/C13H19ClN4O/c1-9(19)16-8-10-2-4-18(5-3-10)13-7-11(15)6-12(14)17-13/h6-7,10H,2-5,8H2,1H3,(H2,15,17)(H,16,19). The van der Waals surface area contributed by atoms with Crippen LogP contribution in [0.15, 0.2) is 12.1 Å². The maximum absolute atomic E-state index is 10.9. The lowest BCUT2D eigenvalue weighted by Crippen LogP contribution is -2.38. The molecule has 104 valence electrons. The minimum absolute atomic E-state index is 0.0340. The second-order valence-corrected chi connectivity index (χ2v) is 5.34. The molecule has 1 aromatic heterocycles. The Balaban J connectivity index is 1.90. The fraction of sp³-hybridized carbons (Fsp3) is 0.538. The summed E-state index contributed by atoms with van der Waals surface area (Å²) in [6, 6.07) is 3.49. The Labute approximate surface area is 118 Å². The highest BCUT2D eigenvalue weighted by molar-refractivity contribution is 6.29. The lowest BCUT2D eigenvalue weighted by atomic mass is 9.97. The van der Waals surface area contributed by atoms with Crippen LogP contribution in [0.1, 0.15) is 19.8 Å². The van der Waals surface area contributed by atoms with Crippen LogP contribution in [0.5, 0.6) is 0 Å². The third-order valence-electron chi connectivity index (χ3n) is 3.38. The SMILES string of the molecule is CC(=O)NCC1CCN(c2cc(N)cc(Cl)n2)CC1. The van der Waals surface area contributed by atoms with E-state index in [0.717, 1.165) is 38.3 Å². The molecule has 5 nitrogen and oxygen atoms in total. The Morgan fingerprint density at radius 2 is 2.21 bits per heavy atom. The molecule has 1 saturated heterocycles. The number of aromatic nitrogens is 1. The van der Waals surface area contributed by atoms with Crippen molar-refractivity contribution < 1.29 is 4.79 Å². The van der Waals surface area contributed by atoms with Crippen LogP contribution in [0.25, 0.3) is 0 Å². The zero-order chi connectivity index (χ0) is 13.8. The third kappa shape index (κ3) is 3.99. The van der Waals surface area contributed by atoms with Crippen LogP contribution < -0.4 is 16.0 Å². The number of hydrogen-bond donors (Lipinski definition) is 2. The topological polar surface area (TPSA) is 71.2 Å². The van der Waals surface area contributed by atoms with Crippen molar-refractivity contribution in [3.8, 4) is 0 Å². The first-order valence-corrected chi connectivity index (χ1v) is 6.85. The Kier molecular flexibility index (Phi) is 4.47. The number of carbonyl (C=O) groups excluding carboxylic acids is 1. The van der Waals surface area contributed by atoms with Crippen LogP contribution in [0.4, 0.5) is 11.5 Å². The van der Waals surface area contributed by atoms with Gasteiger partial charge in [0, 0.05) is 38.3 Å². The van der Waals surface area contributed by atoms with Gasteiger partial charge in [-0.15, -0.1) is 0 Å². The molecule has 19 heavy (non-hydrogen) atoms. The second-order valence-electron chi connectivity index (χ2n) is 4.95. The number of nitrogens with zero attached hydrogens (tertiary/aromatic N) is 2. The lowest BCUT2D eigenvalue weighted by molar-refractivity contribution is -0.119. The summed E-state index contributed by atoms with van der Waals surface area (Å²) in [4.78, 5) is 17.4. The predicted molar refractivity (Wildman–Crippen MR) is 77.3 cm³/mol. The number of nitrogen functional groups attached to an aromatic ring is 1. The van der Waals surface area contributed by atoms with Crippen LogP contribution in [0.2, 0.25) is 5.15 Å². The minimum atomic E-state index is 0.0340. The van der Waals surface area contributed by atoms with Gasteiger partial charge in [0.15, 0.2) is 0 Å². The van der Waals surface area contributed by atoms with E-state index >= 15 is 0 Å². The van der Waals surface area contributed by atoms with E-state index in [2.05, 4.69) is 15.2 Å². The molecule has 0 saturated carbocycles. The van der Waals surface area contributed by atoms with Gasteiger partial charge in [0.1, 0.15) is 11.0 Å². The molecule has 2 rings (SSSR count). The van der Waals surface area contributed by atoms with Gasteiger partial charge in [-0.2, -0.15) is 0 Å². The van der Waals surface area contributed by atoms with E-state index in [1.807, 2.05) is 6.07 Å². The van der Waals surface area contributed by atoms with Gasteiger partial charge in [-0.1, -0.05) is 11.6 Å². The van der Waals surface area contributed by atoms with E-state index in [9.17, 15) is 4.79 Å². The molecule has 0 spiro atoms. The van der Waals surface area contributed by atoms with Crippen molar-refractivity contribution in [3.63, 3.8) is 0 Å². The third-order valence-corrected chi connectivity index (χ3v) is 3.57. The fourth-order valence-electron chi connectivity index (χ4n) is 2.32. The summed E-state index contributed by atoms with van der Waals surface area (Å²) in [6.45, 7) is 4.14. The van der Waals surface area contributed by atoms with Crippen LogP contribution in [0, 0.1) is 5.92 Å². The number of nitrogens with two attached hydrogens (primary N) is 1. The van der Waals surface area contributed by atoms with Crippen LogP contribution in [0.3, 0.4) is 0 Å². The largest absolute Gasteiger partial charge is 0.399 e. The lowest BCUT2D eigenvalue weighted by Gasteiger charge is -2.33. The van der Waals surface area contributed by atoms with E-state index in [4.69, 9.17) is 17.3 Å². The Bertz CT molecular complexity index is 438. The number of carbonyl (C=O) groups is 1. The molecule has 0 radical (unpaired) electrons. The number of nitrogens with one attached hydrogen (secondary N) is 1. The number of halogens is 1. The van der Waals surface area contributed by atoms with Gasteiger partial charge in [0.05, 0.1) is 0 Å². The normalized spacial score (nSPS) is 16.4. The van der Waals surface area contributed by atoms with Gasteiger partial charge in [-0.05, 0) is 24.8 Å². The number of amides is 1. The number of hydrogen-bond acceptors (Lipinski definition) is 4. The number of piperidine rings is 1. The predicted octanol–water partition coefficient (Wildman–Crippen LogP) is 1.67. The van der Waals surface area contributed by atoms with E-state index in [1.165, 1.54) is 0 Å². The molecule has 0 aromatic carbocycles. The number of pyridine rings is 1. The minimum Gasteiger partial charge on any atom is -0.399 e. The van der Waals surface area contributed by atoms with Gasteiger partial charge >= 0.3 is 0 Å². The molecule has 0 unspecified atom stereocenters. The summed E-state index contributed by atoms with van der Waals surface area (Å²) in [5.74, 6) is 1.41. The molecule has 0 aliphatic carbocycles. The van der Waals surface area contributed by atoms with Crippen LogP contribution in [-0.4, -0.2) is 30.5 Å². The van der Waals surface area contributed by atoms with Crippen LogP contribution >= 0.6 is 11.6 Å². The smallest absolute Gasteiger partial charge is 0.216 e.